The number of nitrogens with two attached hydrogens (primary N) is 1. The number of benzene rings is 1. The largest absolute Gasteiger partial charge is 0.481 e. The predicted octanol–water partition coefficient (Wildman–Crippen LogP) is 2.15. The number of hydrogen-bond donors (Lipinski definition) is 2. The third-order valence-electron chi connectivity index (χ3n) is 3.82. The molecule has 0 radical (unpaired) electrons. The van der Waals surface area contributed by atoms with E-state index in [1.165, 1.54) is 5.56 Å². The van der Waals surface area contributed by atoms with Gasteiger partial charge in [0.1, 0.15) is 5.75 Å². The zero-order chi connectivity index (χ0) is 14.5. The quantitative estimate of drug-likeness (QED) is 0.885. The van der Waals surface area contributed by atoms with Crippen molar-refractivity contribution in [3.05, 3.63) is 29.8 Å². The molecule has 4 heteroatoms. The van der Waals surface area contributed by atoms with E-state index < -0.39 is 6.10 Å². The van der Waals surface area contributed by atoms with Gasteiger partial charge in [0.2, 0.25) is 0 Å². The minimum Gasteiger partial charge on any atom is -0.481 e. The molecule has 1 fully saturated rings. The van der Waals surface area contributed by atoms with Crippen molar-refractivity contribution in [2.24, 2.45) is 5.73 Å². The molecule has 0 bridgehead atoms. The molecule has 20 heavy (non-hydrogen) atoms. The number of carbonyl (C=O) groups excluding carboxylic acids is 1. The van der Waals surface area contributed by atoms with E-state index in [0.717, 1.165) is 31.4 Å². The summed E-state index contributed by atoms with van der Waals surface area (Å²) in [5, 5.41) is 3.05. The third kappa shape index (κ3) is 4.23. The second-order valence-corrected chi connectivity index (χ2v) is 5.69. The highest BCUT2D eigenvalue weighted by Gasteiger charge is 2.23. The van der Waals surface area contributed by atoms with Gasteiger partial charge in [0, 0.05) is 12.1 Å². The molecule has 0 aromatic heterocycles. The molecule has 0 heterocycles. The lowest BCUT2D eigenvalue weighted by atomic mass is 9.92. The summed E-state index contributed by atoms with van der Waals surface area (Å²) in [7, 11) is 0. The molecule has 1 unspecified atom stereocenters. The average molecular weight is 276 g/mol. The Morgan fingerprint density at radius 2 is 1.85 bits per heavy atom. The highest BCUT2D eigenvalue weighted by atomic mass is 16.5. The molecule has 1 aromatic rings. The van der Waals surface area contributed by atoms with Crippen LogP contribution in [0.1, 0.15) is 38.2 Å². The van der Waals surface area contributed by atoms with Crippen LogP contribution in [0, 0.1) is 6.92 Å². The van der Waals surface area contributed by atoms with Gasteiger partial charge in [-0.2, -0.15) is 0 Å². The van der Waals surface area contributed by atoms with Crippen LogP contribution in [0.5, 0.6) is 5.75 Å². The van der Waals surface area contributed by atoms with Crippen LogP contribution in [0.2, 0.25) is 0 Å². The molecule has 1 aliphatic rings. The number of rotatable bonds is 4. The van der Waals surface area contributed by atoms with Crippen LogP contribution in [0.4, 0.5) is 0 Å². The highest BCUT2D eigenvalue weighted by molar-refractivity contribution is 5.81. The molecule has 3 N–H and O–H groups in total. The third-order valence-corrected chi connectivity index (χ3v) is 3.82. The molecule has 1 aliphatic carbocycles. The van der Waals surface area contributed by atoms with Gasteiger partial charge in [0.05, 0.1) is 0 Å². The van der Waals surface area contributed by atoms with Gasteiger partial charge >= 0.3 is 0 Å². The SMILES string of the molecule is Cc1ccc(OC(C)C(=O)NC2CCC(N)CC2)cc1. The first-order valence-corrected chi connectivity index (χ1v) is 7.34. The van der Waals surface area contributed by atoms with Crippen molar-refractivity contribution in [2.75, 3.05) is 0 Å². The fraction of sp³-hybridized carbons (Fsp3) is 0.562. The van der Waals surface area contributed by atoms with E-state index in [4.69, 9.17) is 10.5 Å². The zero-order valence-corrected chi connectivity index (χ0v) is 12.3. The molecule has 0 spiro atoms. The number of ether oxygens (including phenoxy) is 1. The molecule has 0 aliphatic heterocycles. The zero-order valence-electron chi connectivity index (χ0n) is 12.3. The van der Waals surface area contributed by atoms with E-state index in [-0.39, 0.29) is 11.9 Å². The van der Waals surface area contributed by atoms with Crippen molar-refractivity contribution in [2.45, 2.75) is 57.7 Å². The summed E-state index contributed by atoms with van der Waals surface area (Å²) >= 11 is 0. The molecular formula is C16H24N2O2. The Balaban J connectivity index is 1.81. The van der Waals surface area contributed by atoms with Crippen LogP contribution >= 0.6 is 0 Å². The maximum atomic E-state index is 12.1. The fourth-order valence-corrected chi connectivity index (χ4v) is 2.46. The minimum absolute atomic E-state index is 0.0500. The van der Waals surface area contributed by atoms with E-state index in [1.54, 1.807) is 6.92 Å². The summed E-state index contributed by atoms with van der Waals surface area (Å²) in [5.74, 6) is 0.676. The standard InChI is InChI=1S/C16H24N2O2/c1-11-3-9-15(10-4-11)20-12(2)16(19)18-14-7-5-13(17)6-8-14/h3-4,9-10,12-14H,5-8,17H2,1-2H3,(H,18,19). The smallest absolute Gasteiger partial charge is 0.260 e. The number of nitrogens with one attached hydrogen (secondary N) is 1. The summed E-state index contributed by atoms with van der Waals surface area (Å²) in [6.45, 7) is 3.80. The van der Waals surface area contributed by atoms with Crippen molar-refractivity contribution in [1.29, 1.82) is 0 Å². The first-order valence-electron chi connectivity index (χ1n) is 7.34. The number of aryl methyl sites for hydroxylation is 1. The van der Waals surface area contributed by atoms with Crippen molar-refractivity contribution in [3.63, 3.8) is 0 Å². The van der Waals surface area contributed by atoms with Gasteiger partial charge in [-0.25, -0.2) is 0 Å². The lowest BCUT2D eigenvalue weighted by molar-refractivity contribution is -0.128. The Kier molecular flexibility index (Phi) is 5.01. The summed E-state index contributed by atoms with van der Waals surface area (Å²) < 4.78 is 5.66. The first-order chi connectivity index (χ1) is 9.54. The molecule has 1 saturated carbocycles. The second-order valence-electron chi connectivity index (χ2n) is 5.69. The van der Waals surface area contributed by atoms with Gasteiger partial charge < -0.3 is 15.8 Å². The van der Waals surface area contributed by atoms with Gasteiger partial charge in [-0.3, -0.25) is 4.79 Å². The van der Waals surface area contributed by atoms with Crippen LogP contribution in [0.3, 0.4) is 0 Å². The van der Waals surface area contributed by atoms with E-state index in [2.05, 4.69) is 5.32 Å². The molecule has 110 valence electrons. The van der Waals surface area contributed by atoms with Gasteiger partial charge in [-0.15, -0.1) is 0 Å². The van der Waals surface area contributed by atoms with E-state index in [0.29, 0.717) is 6.04 Å². The van der Waals surface area contributed by atoms with Crippen LogP contribution in [0.15, 0.2) is 24.3 Å². The van der Waals surface area contributed by atoms with E-state index in [1.807, 2.05) is 31.2 Å². The number of amides is 1. The summed E-state index contributed by atoms with van der Waals surface area (Å²) in [6.07, 6.45) is 3.42. The Morgan fingerprint density at radius 3 is 2.45 bits per heavy atom. The Morgan fingerprint density at radius 1 is 1.25 bits per heavy atom. The monoisotopic (exact) mass is 276 g/mol. The topological polar surface area (TPSA) is 64.3 Å². The van der Waals surface area contributed by atoms with Crippen molar-refractivity contribution >= 4 is 5.91 Å². The predicted molar refractivity (Wildman–Crippen MR) is 79.6 cm³/mol. The molecular weight excluding hydrogens is 252 g/mol. The Bertz CT molecular complexity index is 436. The number of hydrogen-bond acceptors (Lipinski definition) is 3. The lowest BCUT2D eigenvalue weighted by Gasteiger charge is -2.27. The lowest BCUT2D eigenvalue weighted by Crippen LogP contribution is -2.45. The van der Waals surface area contributed by atoms with Gasteiger partial charge in [-0.1, -0.05) is 17.7 Å². The van der Waals surface area contributed by atoms with Gasteiger partial charge in [0.15, 0.2) is 6.10 Å². The first kappa shape index (κ1) is 14.9. The van der Waals surface area contributed by atoms with Gasteiger partial charge in [0.25, 0.3) is 5.91 Å². The number of carbonyl (C=O) groups is 1. The second kappa shape index (κ2) is 6.75. The maximum Gasteiger partial charge on any atom is 0.260 e. The fourth-order valence-electron chi connectivity index (χ4n) is 2.46. The van der Waals surface area contributed by atoms with E-state index in [9.17, 15) is 4.79 Å². The molecule has 4 nitrogen and oxygen atoms in total. The van der Waals surface area contributed by atoms with Crippen LogP contribution in [0.25, 0.3) is 0 Å². The molecule has 1 amide bonds. The molecule has 1 atom stereocenters. The normalized spacial score (nSPS) is 23.9. The van der Waals surface area contributed by atoms with Crippen LogP contribution < -0.4 is 15.8 Å². The van der Waals surface area contributed by atoms with Gasteiger partial charge in [-0.05, 0) is 51.7 Å². The summed E-state index contributed by atoms with van der Waals surface area (Å²) in [4.78, 5) is 12.1. The van der Waals surface area contributed by atoms with Crippen molar-refractivity contribution < 1.29 is 9.53 Å². The molecule has 0 saturated heterocycles. The summed E-state index contributed by atoms with van der Waals surface area (Å²) in [5.41, 5.74) is 7.04. The van der Waals surface area contributed by atoms with E-state index >= 15 is 0 Å². The minimum atomic E-state index is -0.478. The summed E-state index contributed by atoms with van der Waals surface area (Å²) in [6, 6.07) is 8.26. The van der Waals surface area contributed by atoms with Crippen LogP contribution in [-0.4, -0.2) is 24.1 Å². The van der Waals surface area contributed by atoms with Crippen molar-refractivity contribution in [3.8, 4) is 5.75 Å². The van der Waals surface area contributed by atoms with Crippen molar-refractivity contribution in [1.82, 2.24) is 5.32 Å². The van der Waals surface area contributed by atoms with Crippen LogP contribution in [-0.2, 0) is 4.79 Å². The highest BCUT2D eigenvalue weighted by Crippen LogP contribution is 2.18. The Hall–Kier alpha value is -1.55. The maximum absolute atomic E-state index is 12.1. The average Bonchev–Trinajstić information content (AvgIpc) is 2.44. The molecule has 2 rings (SSSR count). The Labute approximate surface area is 120 Å². The molecule has 1 aromatic carbocycles.